The summed E-state index contributed by atoms with van der Waals surface area (Å²) in [5.74, 6) is 0.0158. The fourth-order valence-electron chi connectivity index (χ4n) is 3.14. The third-order valence-electron chi connectivity index (χ3n) is 4.45. The highest BCUT2D eigenvalue weighted by molar-refractivity contribution is 7.99. The summed E-state index contributed by atoms with van der Waals surface area (Å²) in [6.45, 7) is 7.92. The number of carbonyl (C=O) groups is 2. The van der Waals surface area contributed by atoms with E-state index in [0.717, 1.165) is 27.1 Å². The first-order valence-corrected chi connectivity index (χ1v) is 9.86. The van der Waals surface area contributed by atoms with Crippen LogP contribution in [0.25, 0.3) is 10.9 Å². The molecule has 0 spiro atoms. The smallest absolute Gasteiger partial charge is 0.337 e. The van der Waals surface area contributed by atoms with Crippen LogP contribution in [-0.4, -0.2) is 35.4 Å². The third kappa shape index (κ3) is 4.08. The number of hydrogen-bond acceptors (Lipinski definition) is 5. The molecule has 2 amide bonds. The number of nitrogens with zero attached hydrogens (tertiary/aromatic N) is 1. The summed E-state index contributed by atoms with van der Waals surface area (Å²) >= 11 is 1.49. The van der Waals surface area contributed by atoms with Gasteiger partial charge < -0.3 is 15.4 Å². The number of nitrogens with one attached hydrogen (secondary N) is 2. The van der Waals surface area contributed by atoms with Crippen LogP contribution in [0, 0.1) is 13.8 Å². The van der Waals surface area contributed by atoms with Gasteiger partial charge in [0.25, 0.3) is 0 Å². The molecule has 2 aromatic rings. The van der Waals surface area contributed by atoms with E-state index in [2.05, 4.69) is 23.6 Å². The normalized spacial score (nSPS) is 16.9. The Kier molecular flexibility index (Phi) is 5.70. The van der Waals surface area contributed by atoms with Crippen molar-refractivity contribution in [2.45, 2.75) is 38.8 Å². The van der Waals surface area contributed by atoms with Crippen molar-refractivity contribution in [2.75, 3.05) is 12.4 Å². The van der Waals surface area contributed by atoms with Gasteiger partial charge >= 0.3 is 12.0 Å². The number of thioether (sulfide) groups is 1. The van der Waals surface area contributed by atoms with Gasteiger partial charge in [0.15, 0.2) is 0 Å². The quantitative estimate of drug-likeness (QED) is 0.609. The highest BCUT2D eigenvalue weighted by atomic mass is 32.2. The highest BCUT2D eigenvalue weighted by Crippen LogP contribution is 2.28. The maximum atomic E-state index is 12.3. The number of pyridine rings is 1. The number of para-hydroxylation sites is 1. The number of ether oxygens (including phenoxy) is 1. The molecule has 1 aliphatic heterocycles. The van der Waals surface area contributed by atoms with Crippen molar-refractivity contribution in [3.05, 3.63) is 46.7 Å². The van der Waals surface area contributed by atoms with Crippen LogP contribution in [0.2, 0.25) is 0 Å². The number of benzene rings is 1. The van der Waals surface area contributed by atoms with Gasteiger partial charge in [0.05, 0.1) is 28.8 Å². The average Bonchev–Trinajstić information content (AvgIpc) is 2.60. The molecule has 0 unspecified atom stereocenters. The van der Waals surface area contributed by atoms with E-state index in [1.807, 2.05) is 25.1 Å². The fourth-order valence-corrected chi connectivity index (χ4v) is 4.08. The maximum absolute atomic E-state index is 12.3. The summed E-state index contributed by atoms with van der Waals surface area (Å²) in [6, 6.07) is 7.45. The number of urea groups is 1. The molecule has 6 nitrogen and oxygen atoms in total. The number of aryl methyl sites for hydroxylation is 2. The molecule has 27 heavy (non-hydrogen) atoms. The first-order chi connectivity index (χ1) is 12.9. The number of aromatic nitrogens is 1. The second-order valence-corrected chi connectivity index (χ2v) is 7.47. The molecule has 2 heterocycles. The first kappa shape index (κ1) is 19.2. The lowest BCUT2D eigenvalue weighted by atomic mass is 10.1. The zero-order valence-corrected chi connectivity index (χ0v) is 16.7. The van der Waals surface area contributed by atoms with Crippen LogP contribution in [0.5, 0.6) is 0 Å². The van der Waals surface area contributed by atoms with Crippen LogP contribution in [-0.2, 0) is 9.53 Å². The van der Waals surface area contributed by atoms with Crippen molar-refractivity contribution in [3.8, 4) is 0 Å². The SMILES string of the molecule is CCOC(=O)C1=C(CSc2cc(C)c3cccc(C)c3n2)NC(=O)N[C@@H]1C. The molecular weight excluding hydrogens is 362 g/mol. The minimum absolute atomic E-state index is 0.286. The average molecular weight is 385 g/mol. The Morgan fingerprint density at radius 2 is 2.07 bits per heavy atom. The highest BCUT2D eigenvalue weighted by Gasteiger charge is 2.29. The Labute approximate surface area is 162 Å². The Morgan fingerprint density at radius 3 is 2.81 bits per heavy atom. The van der Waals surface area contributed by atoms with E-state index in [1.54, 1.807) is 13.8 Å². The molecule has 0 saturated carbocycles. The monoisotopic (exact) mass is 385 g/mol. The molecule has 0 fully saturated rings. The predicted molar refractivity (Wildman–Crippen MR) is 107 cm³/mol. The minimum Gasteiger partial charge on any atom is -0.463 e. The molecule has 1 aromatic heterocycles. The summed E-state index contributed by atoms with van der Waals surface area (Å²) < 4.78 is 5.15. The second-order valence-electron chi connectivity index (χ2n) is 6.47. The third-order valence-corrected chi connectivity index (χ3v) is 5.39. The predicted octanol–water partition coefficient (Wildman–Crippen LogP) is 3.46. The van der Waals surface area contributed by atoms with E-state index in [4.69, 9.17) is 9.72 Å². The van der Waals surface area contributed by atoms with Gasteiger partial charge in [-0.3, -0.25) is 0 Å². The van der Waals surface area contributed by atoms with Crippen molar-refractivity contribution in [2.24, 2.45) is 0 Å². The molecule has 1 atom stereocenters. The van der Waals surface area contributed by atoms with E-state index in [-0.39, 0.29) is 12.6 Å². The summed E-state index contributed by atoms with van der Waals surface area (Å²) in [5, 5.41) is 7.44. The zero-order valence-electron chi connectivity index (χ0n) is 15.9. The summed E-state index contributed by atoms with van der Waals surface area (Å²) in [5.41, 5.74) is 4.26. The van der Waals surface area contributed by atoms with E-state index >= 15 is 0 Å². The van der Waals surface area contributed by atoms with E-state index in [1.165, 1.54) is 11.8 Å². The van der Waals surface area contributed by atoms with Crippen molar-refractivity contribution in [1.29, 1.82) is 0 Å². The first-order valence-electron chi connectivity index (χ1n) is 8.88. The van der Waals surface area contributed by atoms with Gasteiger partial charge in [0, 0.05) is 16.8 Å². The van der Waals surface area contributed by atoms with Crippen LogP contribution in [0.4, 0.5) is 4.79 Å². The molecule has 3 rings (SSSR count). The lowest BCUT2D eigenvalue weighted by molar-refractivity contribution is -0.138. The summed E-state index contributed by atoms with van der Waals surface area (Å²) in [4.78, 5) is 28.9. The maximum Gasteiger partial charge on any atom is 0.337 e. The molecule has 7 heteroatoms. The van der Waals surface area contributed by atoms with Crippen molar-refractivity contribution < 1.29 is 14.3 Å². The number of esters is 1. The molecule has 0 saturated heterocycles. The van der Waals surface area contributed by atoms with Crippen LogP contribution >= 0.6 is 11.8 Å². The molecule has 1 aliphatic rings. The lowest BCUT2D eigenvalue weighted by Crippen LogP contribution is -2.49. The van der Waals surface area contributed by atoms with Gasteiger partial charge in [0.1, 0.15) is 0 Å². The molecule has 1 aromatic carbocycles. The Hall–Kier alpha value is -2.54. The van der Waals surface area contributed by atoms with Gasteiger partial charge in [-0.15, -0.1) is 11.8 Å². The van der Waals surface area contributed by atoms with Crippen LogP contribution in [0.15, 0.2) is 40.6 Å². The Morgan fingerprint density at radius 1 is 1.30 bits per heavy atom. The Balaban J connectivity index is 1.90. The number of carbonyl (C=O) groups excluding carboxylic acids is 2. The molecule has 0 aliphatic carbocycles. The second kappa shape index (κ2) is 8.00. The van der Waals surface area contributed by atoms with E-state index in [9.17, 15) is 9.59 Å². The van der Waals surface area contributed by atoms with Crippen molar-refractivity contribution in [3.63, 3.8) is 0 Å². The van der Waals surface area contributed by atoms with Gasteiger partial charge in [-0.1, -0.05) is 18.2 Å². The van der Waals surface area contributed by atoms with Crippen LogP contribution in [0.3, 0.4) is 0 Å². The lowest BCUT2D eigenvalue weighted by Gasteiger charge is -2.26. The van der Waals surface area contributed by atoms with Crippen LogP contribution < -0.4 is 10.6 Å². The topological polar surface area (TPSA) is 80.3 Å². The van der Waals surface area contributed by atoms with Crippen molar-refractivity contribution in [1.82, 2.24) is 15.6 Å². The molecule has 142 valence electrons. The number of rotatable bonds is 5. The number of amides is 2. The summed E-state index contributed by atoms with van der Waals surface area (Å²) in [6.07, 6.45) is 0. The van der Waals surface area contributed by atoms with Gasteiger partial charge in [-0.05, 0) is 44.9 Å². The largest absolute Gasteiger partial charge is 0.463 e. The van der Waals surface area contributed by atoms with Crippen LogP contribution in [0.1, 0.15) is 25.0 Å². The van der Waals surface area contributed by atoms with E-state index in [0.29, 0.717) is 17.0 Å². The molecular formula is C20H23N3O3S. The van der Waals surface area contributed by atoms with Gasteiger partial charge in [-0.2, -0.15) is 0 Å². The van der Waals surface area contributed by atoms with Gasteiger partial charge in [0.2, 0.25) is 0 Å². The number of fused-ring (bicyclic) bond motifs is 1. The number of hydrogen-bond donors (Lipinski definition) is 2. The summed E-state index contributed by atoms with van der Waals surface area (Å²) in [7, 11) is 0. The van der Waals surface area contributed by atoms with Crippen molar-refractivity contribution >= 4 is 34.7 Å². The molecule has 0 radical (unpaired) electrons. The van der Waals surface area contributed by atoms with Gasteiger partial charge in [-0.25, -0.2) is 14.6 Å². The zero-order chi connectivity index (χ0) is 19.6. The van der Waals surface area contributed by atoms with E-state index < -0.39 is 12.0 Å². The fraction of sp³-hybridized carbons (Fsp3) is 0.350. The minimum atomic E-state index is -0.411. The molecule has 0 bridgehead atoms. The Bertz CT molecular complexity index is 939. The standard InChI is InChI=1S/C20H23N3O3S/c1-5-26-19(24)17-13(4)21-20(25)22-15(17)10-27-16-9-12(3)14-8-6-7-11(2)18(14)23-16/h6-9,13H,5,10H2,1-4H3,(H2,21,22,25)/t13-/m1/s1. The molecule has 2 N–H and O–H groups in total.